The van der Waals surface area contributed by atoms with E-state index < -0.39 is 16.1 Å². The summed E-state index contributed by atoms with van der Waals surface area (Å²) >= 11 is 1.39. The molecule has 2 heterocycles. The van der Waals surface area contributed by atoms with Gasteiger partial charge in [-0.1, -0.05) is 0 Å². The lowest BCUT2D eigenvalue weighted by atomic mass is 10.3. The second-order valence-electron chi connectivity index (χ2n) is 4.05. The zero-order valence-corrected chi connectivity index (χ0v) is 12.2. The molecule has 2 aromatic heterocycles. The normalized spacial score (nSPS) is 13.6. The number of thiophene rings is 1. The van der Waals surface area contributed by atoms with Gasteiger partial charge in [0, 0.05) is 16.3 Å². The molecule has 0 saturated heterocycles. The van der Waals surface area contributed by atoms with Gasteiger partial charge >= 0.3 is 0 Å². The molecule has 1 unspecified atom stereocenters. The highest BCUT2D eigenvalue weighted by molar-refractivity contribution is 7.89. The van der Waals surface area contributed by atoms with Crippen LogP contribution < -0.4 is 10.5 Å². The molecule has 0 saturated carbocycles. The number of hydrogen-bond acceptors (Lipinski definition) is 6. The first kappa shape index (κ1) is 14.1. The molecule has 104 valence electrons. The highest BCUT2D eigenvalue weighted by atomic mass is 32.2. The molecule has 0 aromatic carbocycles. The quantitative estimate of drug-likeness (QED) is 0.751. The van der Waals surface area contributed by atoms with Crippen LogP contribution in [0.15, 0.2) is 17.3 Å². The van der Waals surface area contributed by atoms with Crippen LogP contribution in [0.4, 0.5) is 0 Å². The van der Waals surface area contributed by atoms with Gasteiger partial charge in [0.05, 0.1) is 10.9 Å². The summed E-state index contributed by atoms with van der Waals surface area (Å²) in [5.74, 6) is 0.468. The van der Waals surface area contributed by atoms with Crippen molar-refractivity contribution in [3.05, 3.63) is 28.0 Å². The molecule has 7 nitrogen and oxygen atoms in total. The Morgan fingerprint density at radius 2 is 2.32 bits per heavy atom. The van der Waals surface area contributed by atoms with Crippen molar-refractivity contribution in [1.82, 2.24) is 19.9 Å². The predicted octanol–water partition coefficient (Wildman–Crippen LogP) is 0.673. The minimum absolute atomic E-state index is 0.268. The van der Waals surface area contributed by atoms with Crippen molar-refractivity contribution in [2.75, 3.05) is 0 Å². The van der Waals surface area contributed by atoms with Crippen LogP contribution in [0.2, 0.25) is 0 Å². The zero-order valence-electron chi connectivity index (χ0n) is 10.5. The van der Waals surface area contributed by atoms with Crippen molar-refractivity contribution in [2.45, 2.75) is 31.3 Å². The minimum Gasteiger partial charge on any atom is -0.326 e. The maximum absolute atomic E-state index is 12.3. The van der Waals surface area contributed by atoms with E-state index in [4.69, 9.17) is 5.73 Å². The summed E-state index contributed by atoms with van der Waals surface area (Å²) in [5.41, 5.74) is 5.53. The largest absolute Gasteiger partial charge is 0.326 e. The predicted molar refractivity (Wildman–Crippen MR) is 72.1 cm³/mol. The van der Waals surface area contributed by atoms with E-state index in [1.807, 2.05) is 0 Å². The van der Waals surface area contributed by atoms with Crippen molar-refractivity contribution in [1.29, 1.82) is 0 Å². The number of hydrogen-bond donors (Lipinski definition) is 3. The molecular formula is C10H15N5O2S2. The molecule has 0 bridgehead atoms. The highest BCUT2D eigenvalue weighted by Crippen LogP contribution is 2.26. The van der Waals surface area contributed by atoms with E-state index in [1.165, 1.54) is 17.7 Å². The SMILES string of the molecule is Cc1sc(CN)cc1S(=O)(=O)NC(C)c1ncn[nH]1. The van der Waals surface area contributed by atoms with Crippen LogP contribution in [0.5, 0.6) is 0 Å². The van der Waals surface area contributed by atoms with Crippen LogP contribution in [0.1, 0.15) is 28.5 Å². The Kier molecular flexibility index (Phi) is 3.99. The van der Waals surface area contributed by atoms with Crippen molar-refractivity contribution in [3.63, 3.8) is 0 Å². The average Bonchev–Trinajstić information content (AvgIpc) is 2.96. The topological polar surface area (TPSA) is 114 Å². The lowest BCUT2D eigenvalue weighted by Crippen LogP contribution is -2.27. The molecule has 2 aromatic rings. The second-order valence-corrected chi connectivity index (χ2v) is 7.07. The summed E-state index contributed by atoms with van der Waals surface area (Å²) in [7, 11) is -3.59. The number of aromatic nitrogens is 3. The molecule has 0 spiro atoms. The van der Waals surface area contributed by atoms with Crippen LogP contribution in [-0.4, -0.2) is 23.6 Å². The molecule has 2 rings (SSSR count). The number of rotatable bonds is 5. The fourth-order valence-corrected chi connectivity index (χ4v) is 4.39. The molecule has 1 atom stereocenters. The molecule has 0 aliphatic heterocycles. The Labute approximate surface area is 115 Å². The Bertz CT molecular complexity index is 648. The first-order chi connectivity index (χ1) is 8.94. The first-order valence-electron chi connectivity index (χ1n) is 5.61. The summed E-state index contributed by atoms with van der Waals surface area (Å²) in [6.07, 6.45) is 1.34. The van der Waals surface area contributed by atoms with E-state index >= 15 is 0 Å². The van der Waals surface area contributed by atoms with E-state index in [-0.39, 0.29) is 4.90 Å². The molecule has 0 fully saturated rings. The number of aryl methyl sites for hydroxylation is 1. The average molecular weight is 301 g/mol. The van der Waals surface area contributed by atoms with E-state index in [9.17, 15) is 8.42 Å². The number of nitrogens with zero attached hydrogens (tertiary/aromatic N) is 2. The van der Waals surface area contributed by atoms with Gasteiger partial charge in [-0.3, -0.25) is 5.10 Å². The Hall–Kier alpha value is -1.29. The van der Waals surface area contributed by atoms with Crippen LogP contribution >= 0.6 is 11.3 Å². The van der Waals surface area contributed by atoms with Crippen LogP contribution in [-0.2, 0) is 16.6 Å². The third kappa shape index (κ3) is 3.00. The van der Waals surface area contributed by atoms with Crippen molar-refractivity contribution >= 4 is 21.4 Å². The molecule has 19 heavy (non-hydrogen) atoms. The minimum atomic E-state index is -3.59. The second kappa shape index (κ2) is 5.37. The van der Waals surface area contributed by atoms with Crippen LogP contribution in [0.25, 0.3) is 0 Å². The monoisotopic (exact) mass is 301 g/mol. The maximum atomic E-state index is 12.3. The van der Waals surface area contributed by atoms with Gasteiger partial charge in [-0.15, -0.1) is 11.3 Å². The Morgan fingerprint density at radius 3 is 2.84 bits per heavy atom. The third-order valence-corrected chi connectivity index (χ3v) is 5.46. The number of nitrogens with one attached hydrogen (secondary N) is 2. The Morgan fingerprint density at radius 1 is 1.58 bits per heavy atom. The number of sulfonamides is 1. The standard InChI is InChI=1S/C10H15N5O2S2/c1-6(10-12-5-13-14-10)15-19(16,17)9-3-8(4-11)18-7(9)2/h3,5-6,15H,4,11H2,1-2H3,(H,12,13,14). The van der Waals surface area contributed by atoms with E-state index in [1.54, 1.807) is 19.9 Å². The summed E-state index contributed by atoms with van der Waals surface area (Å²) in [4.78, 5) is 5.75. The molecule has 0 aliphatic rings. The molecule has 0 aliphatic carbocycles. The summed E-state index contributed by atoms with van der Waals surface area (Å²) in [5, 5.41) is 6.33. The molecule has 4 N–H and O–H groups in total. The fraction of sp³-hybridized carbons (Fsp3) is 0.400. The van der Waals surface area contributed by atoms with Gasteiger partial charge in [0.25, 0.3) is 0 Å². The first-order valence-corrected chi connectivity index (χ1v) is 7.91. The van der Waals surface area contributed by atoms with Crippen LogP contribution in [0.3, 0.4) is 0 Å². The smallest absolute Gasteiger partial charge is 0.242 e. The summed E-state index contributed by atoms with van der Waals surface area (Å²) < 4.78 is 27.1. The van der Waals surface area contributed by atoms with Crippen molar-refractivity contribution in [2.24, 2.45) is 5.73 Å². The molecular weight excluding hydrogens is 286 g/mol. The zero-order chi connectivity index (χ0) is 14.0. The van der Waals surface area contributed by atoms with Gasteiger partial charge < -0.3 is 5.73 Å². The summed E-state index contributed by atoms with van der Waals surface area (Å²) in [6.45, 7) is 3.79. The van der Waals surface area contributed by atoms with E-state index in [2.05, 4.69) is 19.9 Å². The lowest BCUT2D eigenvalue weighted by molar-refractivity contribution is 0.560. The van der Waals surface area contributed by atoms with Crippen LogP contribution in [0, 0.1) is 6.92 Å². The number of H-pyrrole nitrogens is 1. The fourth-order valence-electron chi connectivity index (χ4n) is 1.67. The van der Waals surface area contributed by atoms with Gasteiger partial charge in [-0.2, -0.15) is 5.10 Å². The summed E-state index contributed by atoms with van der Waals surface area (Å²) in [6, 6.07) is 1.13. The lowest BCUT2D eigenvalue weighted by Gasteiger charge is -2.11. The maximum Gasteiger partial charge on any atom is 0.242 e. The van der Waals surface area contributed by atoms with Gasteiger partial charge in [-0.25, -0.2) is 18.1 Å². The highest BCUT2D eigenvalue weighted by Gasteiger charge is 2.23. The molecule has 9 heteroatoms. The van der Waals surface area contributed by atoms with Gasteiger partial charge in [0.15, 0.2) is 0 Å². The van der Waals surface area contributed by atoms with Gasteiger partial charge in [0.2, 0.25) is 10.0 Å². The van der Waals surface area contributed by atoms with Crippen molar-refractivity contribution < 1.29 is 8.42 Å². The molecule has 0 amide bonds. The van der Waals surface area contributed by atoms with Gasteiger partial charge in [0.1, 0.15) is 12.2 Å². The number of aromatic amines is 1. The van der Waals surface area contributed by atoms with Gasteiger partial charge in [-0.05, 0) is 19.9 Å². The van der Waals surface area contributed by atoms with E-state index in [0.29, 0.717) is 12.4 Å². The molecule has 0 radical (unpaired) electrons. The Balaban J connectivity index is 2.25. The third-order valence-electron chi connectivity index (χ3n) is 2.59. The van der Waals surface area contributed by atoms with E-state index in [0.717, 1.165) is 9.75 Å². The number of nitrogens with two attached hydrogens (primary N) is 1. The van der Waals surface area contributed by atoms with Crippen molar-refractivity contribution in [3.8, 4) is 0 Å².